The van der Waals surface area contributed by atoms with Crippen molar-refractivity contribution in [3.05, 3.63) is 41.7 Å². The molecule has 94 valence electrons. The normalized spacial score (nSPS) is 10.3. The van der Waals surface area contributed by atoms with Crippen LogP contribution in [0.25, 0.3) is 0 Å². The first-order valence-corrected chi connectivity index (χ1v) is 5.69. The highest BCUT2D eigenvalue weighted by molar-refractivity contribution is 6.30. The fourth-order valence-corrected chi connectivity index (χ4v) is 1.49. The third kappa shape index (κ3) is 3.49. The van der Waals surface area contributed by atoms with Gasteiger partial charge < -0.3 is 9.84 Å². The minimum Gasteiger partial charge on any atom is -0.481 e. The van der Waals surface area contributed by atoms with Crippen LogP contribution < -0.4 is 4.74 Å². The number of halogens is 1. The second-order valence-corrected chi connectivity index (χ2v) is 4.08. The van der Waals surface area contributed by atoms with E-state index < -0.39 is 5.97 Å². The summed E-state index contributed by atoms with van der Waals surface area (Å²) in [6.07, 6.45) is 3.22. The molecule has 0 atom stereocenters. The number of carboxylic acid groups (broad SMARTS) is 1. The fraction of sp³-hybridized carbons (Fsp3) is 0.167. The summed E-state index contributed by atoms with van der Waals surface area (Å²) in [6, 6.07) is 6.95. The topological polar surface area (TPSA) is 64.3 Å². The van der Waals surface area contributed by atoms with E-state index in [9.17, 15) is 4.79 Å². The molecular formula is C12H11ClN2O3. The quantitative estimate of drug-likeness (QED) is 0.904. The van der Waals surface area contributed by atoms with E-state index in [4.69, 9.17) is 21.4 Å². The Kier molecular flexibility index (Phi) is 3.84. The standard InChI is InChI=1S/C12H11ClN2O3/c13-9-1-3-10(4-2-9)18-11-7-14-15(8-11)6-5-12(16)17/h1-4,7-8H,5-6H2,(H,16,17). The lowest BCUT2D eigenvalue weighted by Gasteiger charge is -2.02. The van der Waals surface area contributed by atoms with Crippen LogP contribution in [0.4, 0.5) is 0 Å². The highest BCUT2D eigenvalue weighted by Crippen LogP contribution is 2.22. The van der Waals surface area contributed by atoms with Gasteiger partial charge in [-0.05, 0) is 24.3 Å². The van der Waals surface area contributed by atoms with Crippen molar-refractivity contribution in [3.63, 3.8) is 0 Å². The van der Waals surface area contributed by atoms with Crippen LogP contribution in [0.5, 0.6) is 11.5 Å². The van der Waals surface area contributed by atoms with Crippen molar-refractivity contribution >= 4 is 17.6 Å². The molecule has 2 aromatic rings. The predicted molar refractivity (Wildman–Crippen MR) is 66.0 cm³/mol. The molecule has 0 fully saturated rings. The van der Waals surface area contributed by atoms with Gasteiger partial charge in [-0.25, -0.2) is 0 Å². The minimum atomic E-state index is -0.856. The molecule has 1 aromatic heterocycles. The first-order valence-electron chi connectivity index (χ1n) is 5.31. The molecule has 1 aromatic carbocycles. The SMILES string of the molecule is O=C(O)CCn1cc(Oc2ccc(Cl)cc2)cn1. The summed E-state index contributed by atoms with van der Waals surface area (Å²) in [6.45, 7) is 0.319. The highest BCUT2D eigenvalue weighted by atomic mass is 35.5. The van der Waals surface area contributed by atoms with E-state index in [1.54, 1.807) is 30.5 Å². The van der Waals surface area contributed by atoms with Crippen LogP contribution in [0.15, 0.2) is 36.7 Å². The zero-order valence-electron chi connectivity index (χ0n) is 9.41. The lowest BCUT2D eigenvalue weighted by molar-refractivity contribution is -0.137. The van der Waals surface area contributed by atoms with Gasteiger partial charge in [-0.1, -0.05) is 11.6 Å². The van der Waals surface area contributed by atoms with Gasteiger partial charge in [0.25, 0.3) is 0 Å². The number of hydrogen-bond donors (Lipinski definition) is 1. The van der Waals surface area contributed by atoms with Gasteiger partial charge in [-0.2, -0.15) is 5.10 Å². The molecule has 0 aliphatic rings. The monoisotopic (exact) mass is 266 g/mol. The number of nitrogens with zero attached hydrogens (tertiary/aromatic N) is 2. The number of carboxylic acids is 1. The van der Waals surface area contributed by atoms with Crippen molar-refractivity contribution in [1.82, 2.24) is 9.78 Å². The van der Waals surface area contributed by atoms with Crippen molar-refractivity contribution in [3.8, 4) is 11.5 Å². The molecule has 5 nitrogen and oxygen atoms in total. The molecule has 6 heteroatoms. The molecule has 0 saturated carbocycles. The van der Waals surface area contributed by atoms with Crippen LogP contribution in [0.3, 0.4) is 0 Å². The Balaban J connectivity index is 1.97. The minimum absolute atomic E-state index is 0.0298. The number of ether oxygens (including phenoxy) is 1. The van der Waals surface area contributed by atoms with Gasteiger partial charge in [-0.3, -0.25) is 9.48 Å². The summed E-state index contributed by atoms with van der Waals surface area (Å²) in [4.78, 5) is 10.4. The van der Waals surface area contributed by atoms with E-state index in [0.29, 0.717) is 23.1 Å². The smallest absolute Gasteiger partial charge is 0.305 e. The van der Waals surface area contributed by atoms with Gasteiger partial charge in [0, 0.05) is 5.02 Å². The van der Waals surface area contributed by atoms with Crippen LogP contribution in [0.1, 0.15) is 6.42 Å². The van der Waals surface area contributed by atoms with Gasteiger partial charge in [-0.15, -0.1) is 0 Å². The molecule has 0 saturated heterocycles. The summed E-state index contributed by atoms with van der Waals surface area (Å²) in [5.41, 5.74) is 0. The Morgan fingerprint density at radius 2 is 2.06 bits per heavy atom. The summed E-state index contributed by atoms with van der Waals surface area (Å²) in [7, 11) is 0. The van der Waals surface area contributed by atoms with E-state index in [0.717, 1.165) is 0 Å². The van der Waals surface area contributed by atoms with Crippen LogP contribution in [0.2, 0.25) is 5.02 Å². The molecule has 0 spiro atoms. The number of aliphatic carboxylic acids is 1. The number of aromatic nitrogens is 2. The molecular weight excluding hydrogens is 256 g/mol. The first-order chi connectivity index (χ1) is 8.63. The lowest BCUT2D eigenvalue weighted by atomic mass is 10.3. The zero-order chi connectivity index (χ0) is 13.0. The van der Waals surface area contributed by atoms with Crippen molar-refractivity contribution in [1.29, 1.82) is 0 Å². The number of benzene rings is 1. The molecule has 0 unspecified atom stereocenters. The van der Waals surface area contributed by atoms with E-state index >= 15 is 0 Å². The summed E-state index contributed by atoms with van der Waals surface area (Å²) < 4.78 is 7.06. The Morgan fingerprint density at radius 3 is 2.72 bits per heavy atom. The third-order valence-electron chi connectivity index (χ3n) is 2.21. The maximum Gasteiger partial charge on any atom is 0.305 e. The number of aryl methyl sites for hydroxylation is 1. The molecule has 0 aliphatic carbocycles. The average Bonchev–Trinajstić information content (AvgIpc) is 2.77. The number of hydrogen-bond acceptors (Lipinski definition) is 3. The molecule has 1 N–H and O–H groups in total. The molecule has 0 aliphatic heterocycles. The summed E-state index contributed by atoms with van der Waals surface area (Å²) >= 11 is 5.76. The van der Waals surface area contributed by atoms with Crippen molar-refractivity contribution in [2.75, 3.05) is 0 Å². The van der Waals surface area contributed by atoms with Crippen LogP contribution >= 0.6 is 11.6 Å². The largest absolute Gasteiger partial charge is 0.481 e. The second-order valence-electron chi connectivity index (χ2n) is 3.64. The molecule has 1 heterocycles. The van der Waals surface area contributed by atoms with E-state index in [2.05, 4.69) is 5.10 Å². The van der Waals surface area contributed by atoms with Gasteiger partial charge in [0.05, 0.1) is 25.4 Å². The Morgan fingerprint density at radius 1 is 1.33 bits per heavy atom. The van der Waals surface area contributed by atoms with Crippen LogP contribution in [0, 0.1) is 0 Å². The van der Waals surface area contributed by atoms with Gasteiger partial charge in [0.1, 0.15) is 5.75 Å². The molecule has 0 bridgehead atoms. The maximum atomic E-state index is 10.4. The lowest BCUT2D eigenvalue weighted by Crippen LogP contribution is -2.04. The van der Waals surface area contributed by atoms with E-state index in [1.165, 1.54) is 10.9 Å². The van der Waals surface area contributed by atoms with Gasteiger partial charge >= 0.3 is 5.97 Å². The molecule has 2 rings (SSSR count). The molecule has 18 heavy (non-hydrogen) atoms. The number of carbonyl (C=O) groups is 1. The second kappa shape index (κ2) is 5.55. The Bertz CT molecular complexity index is 537. The highest BCUT2D eigenvalue weighted by Gasteiger charge is 2.03. The molecule has 0 radical (unpaired) electrons. The van der Waals surface area contributed by atoms with E-state index in [-0.39, 0.29) is 6.42 Å². The van der Waals surface area contributed by atoms with Crippen molar-refractivity contribution < 1.29 is 14.6 Å². The van der Waals surface area contributed by atoms with Gasteiger partial charge in [0.2, 0.25) is 0 Å². The van der Waals surface area contributed by atoms with Crippen LogP contribution in [-0.4, -0.2) is 20.9 Å². The Labute approximate surface area is 109 Å². The number of rotatable bonds is 5. The summed E-state index contributed by atoms with van der Waals surface area (Å²) in [5.74, 6) is 0.352. The zero-order valence-corrected chi connectivity index (χ0v) is 10.2. The molecule has 0 amide bonds. The van der Waals surface area contributed by atoms with Crippen LogP contribution in [-0.2, 0) is 11.3 Å². The maximum absolute atomic E-state index is 10.4. The Hall–Kier alpha value is -2.01. The van der Waals surface area contributed by atoms with Gasteiger partial charge in [0.15, 0.2) is 5.75 Å². The third-order valence-corrected chi connectivity index (χ3v) is 2.47. The predicted octanol–water partition coefficient (Wildman–Crippen LogP) is 2.80. The van der Waals surface area contributed by atoms with Crippen molar-refractivity contribution in [2.45, 2.75) is 13.0 Å². The summed E-state index contributed by atoms with van der Waals surface area (Å²) in [5, 5.41) is 13.2. The fourth-order valence-electron chi connectivity index (χ4n) is 1.37. The van der Waals surface area contributed by atoms with E-state index in [1.807, 2.05) is 0 Å². The van der Waals surface area contributed by atoms with Crippen molar-refractivity contribution in [2.24, 2.45) is 0 Å². The first kappa shape index (κ1) is 12.4. The average molecular weight is 267 g/mol.